The van der Waals surface area contributed by atoms with Gasteiger partial charge in [-0.15, -0.1) is 0 Å². The number of hydrogen-bond acceptors (Lipinski definition) is 3. The maximum atomic E-state index is 11.4. The monoisotopic (exact) mass is 235 g/mol. The van der Waals surface area contributed by atoms with Crippen molar-refractivity contribution in [1.82, 2.24) is 4.57 Å². The third-order valence-corrected chi connectivity index (χ3v) is 2.83. The molecule has 0 saturated carbocycles. The van der Waals surface area contributed by atoms with E-state index in [-0.39, 0.29) is 6.61 Å². The molecule has 1 aromatic heterocycles. The van der Waals surface area contributed by atoms with Crippen LogP contribution in [0.4, 0.5) is 0 Å². The van der Waals surface area contributed by atoms with Crippen LogP contribution < -0.4 is 9.09 Å². The first-order valence-electron chi connectivity index (χ1n) is 4.72. The zero-order valence-electron chi connectivity index (χ0n) is 9.08. The lowest BCUT2D eigenvalue weighted by molar-refractivity contribution is -0.674. The van der Waals surface area contributed by atoms with Gasteiger partial charge in [-0.3, -0.25) is 9.42 Å². The molecule has 0 radical (unpaired) electrons. The molecule has 0 aliphatic carbocycles. The highest BCUT2D eigenvalue weighted by Crippen LogP contribution is 2.42. The Bertz CT molecular complexity index is 377. The first kappa shape index (κ1) is 12.2. The van der Waals surface area contributed by atoms with Gasteiger partial charge in [0.1, 0.15) is 12.4 Å². The van der Waals surface area contributed by atoms with Crippen molar-refractivity contribution in [3.8, 4) is 6.01 Å². The van der Waals surface area contributed by atoms with Crippen molar-refractivity contribution in [2.24, 2.45) is 7.05 Å². The minimum Gasteiger partial charge on any atom is -0.334 e. The van der Waals surface area contributed by atoms with E-state index in [0.29, 0.717) is 12.6 Å². The molecule has 7 heteroatoms. The van der Waals surface area contributed by atoms with E-state index < -0.39 is 7.82 Å². The molecule has 0 saturated heterocycles. The summed E-state index contributed by atoms with van der Waals surface area (Å²) in [6.07, 6.45) is 3.51. The fourth-order valence-corrected chi connectivity index (χ4v) is 1.98. The summed E-state index contributed by atoms with van der Waals surface area (Å²) in [4.78, 5) is 9.32. The van der Waals surface area contributed by atoms with E-state index in [2.05, 4.69) is 4.52 Å². The van der Waals surface area contributed by atoms with Gasteiger partial charge in [0.05, 0.1) is 20.2 Å². The average Bonchev–Trinajstić information content (AvgIpc) is 2.47. The van der Waals surface area contributed by atoms with Gasteiger partial charge in [-0.05, 0) is 13.8 Å². The van der Waals surface area contributed by atoms with E-state index in [9.17, 15) is 9.46 Å². The molecule has 0 aliphatic rings. The largest absolute Gasteiger partial charge is 0.532 e. The number of phosphoric ester groups is 1. The summed E-state index contributed by atoms with van der Waals surface area (Å²) in [6.45, 7) is 4.33. The highest BCUT2D eigenvalue weighted by Gasteiger charge is 2.29. The third kappa shape index (κ3) is 3.06. The van der Waals surface area contributed by atoms with Gasteiger partial charge in [-0.2, -0.15) is 9.13 Å². The molecule has 0 spiro atoms. The Labute approximate surface area is 88.7 Å². The zero-order valence-corrected chi connectivity index (χ0v) is 9.98. The predicted molar refractivity (Wildman–Crippen MR) is 53.4 cm³/mol. The molecule has 1 atom stereocenters. The minimum absolute atomic E-state index is 0.129. The van der Waals surface area contributed by atoms with Crippen molar-refractivity contribution in [3.05, 3.63) is 12.4 Å². The van der Waals surface area contributed by atoms with E-state index in [0.717, 1.165) is 0 Å². The van der Waals surface area contributed by atoms with Crippen LogP contribution in [0.1, 0.15) is 13.8 Å². The maximum absolute atomic E-state index is 11.4. The number of imidazole rings is 1. The second kappa shape index (κ2) is 4.79. The number of hydrogen-bond donors (Lipinski definition) is 1. The molecular formula is C8H16N2O4P+. The molecule has 1 N–H and O–H groups in total. The summed E-state index contributed by atoms with van der Waals surface area (Å²) in [6, 6.07) is 0.303. The fraction of sp³-hybridized carbons (Fsp3) is 0.625. The highest BCUT2D eigenvalue weighted by atomic mass is 31.2. The molecule has 86 valence electrons. The van der Waals surface area contributed by atoms with Gasteiger partial charge >= 0.3 is 13.8 Å². The number of rotatable bonds is 5. The summed E-state index contributed by atoms with van der Waals surface area (Å²) in [5, 5.41) is 0. The SMILES string of the molecule is CCOP(=O)(O)Oc1n(CC)cc[n+]1C. The third-order valence-electron chi connectivity index (χ3n) is 1.85. The van der Waals surface area contributed by atoms with E-state index in [1.165, 1.54) is 0 Å². The molecule has 0 bridgehead atoms. The Morgan fingerprint density at radius 3 is 2.80 bits per heavy atom. The molecule has 6 nitrogen and oxygen atoms in total. The minimum atomic E-state index is -3.99. The highest BCUT2D eigenvalue weighted by molar-refractivity contribution is 7.47. The lowest BCUT2D eigenvalue weighted by atomic mass is 10.7. The predicted octanol–water partition coefficient (Wildman–Crippen LogP) is 0.848. The van der Waals surface area contributed by atoms with Crippen LogP contribution in [0, 0.1) is 0 Å². The van der Waals surface area contributed by atoms with Gasteiger partial charge in [-0.1, -0.05) is 0 Å². The second-order valence-electron chi connectivity index (χ2n) is 2.96. The first-order valence-corrected chi connectivity index (χ1v) is 6.21. The van der Waals surface area contributed by atoms with E-state index in [1.54, 1.807) is 35.5 Å². The van der Waals surface area contributed by atoms with Crippen molar-refractivity contribution in [2.45, 2.75) is 20.4 Å². The molecule has 1 heterocycles. The molecule has 1 rings (SSSR count). The Balaban J connectivity index is 2.88. The normalized spacial score (nSPS) is 14.9. The Hall–Kier alpha value is -0.840. The van der Waals surface area contributed by atoms with Crippen LogP contribution in [0.15, 0.2) is 12.4 Å². The van der Waals surface area contributed by atoms with Crippen molar-refractivity contribution >= 4 is 7.82 Å². The van der Waals surface area contributed by atoms with Crippen LogP contribution in [-0.4, -0.2) is 16.1 Å². The summed E-state index contributed by atoms with van der Waals surface area (Å²) in [7, 11) is -2.26. The molecule has 1 aromatic rings. The molecule has 0 amide bonds. The van der Waals surface area contributed by atoms with Crippen LogP contribution >= 0.6 is 7.82 Å². The standard InChI is InChI=1S/C8H15N2O4P/c1-4-10-7-6-9(3)8(10)14-15(11,12)13-5-2/h6-7H,4-5H2,1-3H3/p+1. The van der Waals surface area contributed by atoms with Crippen molar-refractivity contribution < 1.29 is 23.1 Å². The fourth-order valence-electron chi connectivity index (χ4n) is 1.16. The summed E-state index contributed by atoms with van der Waals surface area (Å²) in [5.41, 5.74) is 0. The van der Waals surface area contributed by atoms with Crippen molar-refractivity contribution in [1.29, 1.82) is 0 Å². The molecule has 0 fully saturated rings. The molecule has 15 heavy (non-hydrogen) atoms. The van der Waals surface area contributed by atoms with Gasteiger partial charge in [0.2, 0.25) is 0 Å². The average molecular weight is 235 g/mol. The van der Waals surface area contributed by atoms with Crippen molar-refractivity contribution in [3.63, 3.8) is 0 Å². The van der Waals surface area contributed by atoms with Crippen LogP contribution in [0.25, 0.3) is 0 Å². The Morgan fingerprint density at radius 1 is 1.60 bits per heavy atom. The van der Waals surface area contributed by atoms with Gasteiger partial charge in [-0.25, -0.2) is 4.57 Å². The molecule has 1 unspecified atom stereocenters. The van der Waals surface area contributed by atoms with Crippen LogP contribution in [0.5, 0.6) is 6.01 Å². The van der Waals surface area contributed by atoms with Gasteiger partial charge < -0.3 is 4.52 Å². The van der Waals surface area contributed by atoms with E-state index >= 15 is 0 Å². The molecular weight excluding hydrogens is 219 g/mol. The number of aromatic nitrogens is 2. The summed E-state index contributed by atoms with van der Waals surface area (Å²) in [5.74, 6) is 0. The zero-order chi connectivity index (χ0) is 11.5. The van der Waals surface area contributed by atoms with Gasteiger partial charge in [0, 0.05) is 0 Å². The molecule has 0 aliphatic heterocycles. The lowest BCUT2D eigenvalue weighted by Crippen LogP contribution is -2.28. The maximum Gasteiger partial charge on any atom is 0.532 e. The number of phosphoric acid groups is 1. The van der Waals surface area contributed by atoms with E-state index in [1.807, 2.05) is 6.92 Å². The van der Waals surface area contributed by atoms with Crippen molar-refractivity contribution in [2.75, 3.05) is 6.61 Å². The molecule has 0 aromatic carbocycles. The number of nitrogens with zero attached hydrogens (tertiary/aromatic N) is 2. The summed E-state index contributed by atoms with van der Waals surface area (Å²) < 4.78 is 24.3. The van der Waals surface area contributed by atoms with Crippen LogP contribution in [-0.2, 0) is 22.7 Å². The first-order chi connectivity index (χ1) is 7.00. The van der Waals surface area contributed by atoms with Gasteiger partial charge in [0.15, 0.2) is 0 Å². The van der Waals surface area contributed by atoms with Gasteiger partial charge in [0.25, 0.3) is 0 Å². The number of aryl methyl sites for hydroxylation is 2. The Kier molecular flexibility index (Phi) is 3.90. The summed E-state index contributed by atoms with van der Waals surface area (Å²) >= 11 is 0. The van der Waals surface area contributed by atoms with E-state index in [4.69, 9.17) is 4.52 Å². The topological polar surface area (TPSA) is 64.6 Å². The smallest absolute Gasteiger partial charge is 0.334 e. The van der Waals surface area contributed by atoms with Crippen LogP contribution in [0.3, 0.4) is 0 Å². The Morgan fingerprint density at radius 2 is 2.27 bits per heavy atom. The quantitative estimate of drug-likeness (QED) is 0.607. The lowest BCUT2D eigenvalue weighted by Gasteiger charge is -2.09. The van der Waals surface area contributed by atoms with Crippen LogP contribution in [0.2, 0.25) is 0 Å². The second-order valence-corrected chi connectivity index (χ2v) is 4.33.